The van der Waals surface area contributed by atoms with E-state index in [4.69, 9.17) is 15.2 Å². The number of hydrogen-bond acceptors (Lipinski definition) is 8. The summed E-state index contributed by atoms with van der Waals surface area (Å²) in [6, 6.07) is -2.01. The Morgan fingerprint density at radius 3 is 1.53 bits per heavy atom. The van der Waals surface area contributed by atoms with E-state index in [0.29, 0.717) is 19.5 Å². The van der Waals surface area contributed by atoms with Crippen molar-refractivity contribution in [1.29, 1.82) is 0 Å². The monoisotopic (exact) mass is 669 g/mol. The lowest BCUT2D eigenvalue weighted by Gasteiger charge is -2.23. The van der Waals surface area contributed by atoms with Crippen LogP contribution in [0.2, 0.25) is 0 Å². The van der Waals surface area contributed by atoms with Crippen LogP contribution in [-0.2, 0) is 33.4 Å². The Balaban J connectivity index is 4.44. The Kier molecular flexibility index (Phi) is 23.9. The van der Waals surface area contributed by atoms with Crippen molar-refractivity contribution < 1.29 is 33.4 Å². The average molecular weight is 669 g/mol. The predicted octanol–water partition coefficient (Wildman–Crippen LogP) is 5.76. The van der Waals surface area contributed by atoms with Crippen LogP contribution in [0.5, 0.6) is 0 Å². The Labute approximate surface area is 285 Å². The van der Waals surface area contributed by atoms with Gasteiger partial charge < -0.3 is 31.2 Å². The highest BCUT2D eigenvalue weighted by molar-refractivity contribution is 5.90. The van der Waals surface area contributed by atoms with E-state index in [-0.39, 0.29) is 31.6 Å². The number of nitrogens with one attached hydrogen (secondary N) is 3. The summed E-state index contributed by atoms with van der Waals surface area (Å²) >= 11 is 0. The Morgan fingerprint density at radius 2 is 1.02 bits per heavy atom. The van der Waals surface area contributed by atoms with Gasteiger partial charge in [0.1, 0.15) is 17.2 Å². The summed E-state index contributed by atoms with van der Waals surface area (Å²) in [4.78, 5) is 62.1. The molecule has 274 valence electrons. The Hall–Kier alpha value is -2.69. The summed E-state index contributed by atoms with van der Waals surface area (Å²) in [6.45, 7) is 13.8. The number of ether oxygens (including phenoxy) is 2. The molecule has 0 bridgehead atoms. The number of amides is 3. The SMILES string of the molecule is CCCCCCCCCCCC(=O)NCCCCCCNC(=O)C(CCC(=O)OC(C)(C)C)NC(=O)C(N)CCC(=O)OC(C)(C)C. The van der Waals surface area contributed by atoms with Crippen LogP contribution in [0.25, 0.3) is 0 Å². The third-order valence-corrected chi connectivity index (χ3v) is 7.34. The molecule has 0 saturated carbocycles. The second-order valence-electron chi connectivity index (χ2n) is 14.6. The molecule has 0 saturated heterocycles. The molecule has 2 atom stereocenters. The summed E-state index contributed by atoms with van der Waals surface area (Å²) in [6.07, 6.45) is 15.1. The molecule has 0 rings (SSSR count). The zero-order valence-electron chi connectivity index (χ0n) is 30.7. The molecule has 0 aliphatic carbocycles. The van der Waals surface area contributed by atoms with E-state index in [9.17, 15) is 24.0 Å². The highest BCUT2D eigenvalue weighted by Crippen LogP contribution is 2.13. The van der Waals surface area contributed by atoms with Crippen molar-refractivity contribution in [3.05, 3.63) is 0 Å². The molecule has 0 spiro atoms. The molecular weight excluding hydrogens is 600 g/mol. The molecule has 0 heterocycles. The van der Waals surface area contributed by atoms with Gasteiger partial charge in [0.15, 0.2) is 0 Å². The first-order valence-corrected chi connectivity index (χ1v) is 18.1. The molecule has 47 heavy (non-hydrogen) atoms. The van der Waals surface area contributed by atoms with Crippen molar-refractivity contribution in [1.82, 2.24) is 16.0 Å². The standard InChI is InChI=1S/C36H68N4O7/c1-8-9-10-11-12-13-14-15-18-21-30(41)38-26-19-16-17-20-27-39-34(45)29(23-25-32(43)47-36(5,6)7)40-33(44)28(37)22-24-31(42)46-35(2,3)4/h28-29H,8-27,37H2,1-7H3,(H,38,41)(H,39,45)(H,40,44). The van der Waals surface area contributed by atoms with E-state index in [1.54, 1.807) is 41.5 Å². The van der Waals surface area contributed by atoms with E-state index >= 15 is 0 Å². The normalized spacial score (nSPS) is 12.9. The zero-order chi connectivity index (χ0) is 35.7. The third-order valence-electron chi connectivity index (χ3n) is 7.34. The molecule has 0 aromatic rings. The van der Waals surface area contributed by atoms with Crippen LogP contribution in [0, 0.1) is 0 Å². The quantitative estimate of drug-likeness (QED) is 0.0668. The Morgan fingerprint density at radius 1 is 0.574 bits per heavy atom. The maximum atomic E-state index is 13.0. The fraction of sp³-hybridized carbons (Fsp3) is 0.861. The van der Waals surface area contributed by atoms with Crippen LogP contribution in [0.3, 0.4) is 0 Å². The first kappa shape index (κ1) is 44.3. The third kappa shape index (κ3) is 28.1. The van der Waals surface area contributed by atoms with E-state index in [0.717, 1.165) is 38.5 Å². The highest BCUT2D eigenvalue weighted by atomic mass is 16.6. The zero-order valence-corrected chi connectivity index (χ0v) is 30.7. The molecule has 11 nitrogen and oxygen atoms in total. The summed E-state index contributed by atoms with van der Waals surface area (Å²) in [5.41, 5.74) is 4.69. The maximum absolute atomic E-state index is 13.0. The summed E-state index contributed by atoms with van der Waals surface area (Å²) in [5.74, 6) is -1.82. The van der Waals surface area contributed by atoms with Crippen molar-refractivity contribution in [2.75, 3.05) is 13.1 Å². The molecule has 0 aliphatic rings. The number of rotatable bonds is 26. The number of carbonyl (C=O) groups is 5. The van der Waals surface area contributed by atoms with Crippen molar-refractivity contribution in [3.8, 4) is 0 Å². The van der Waals surface area contributed by atoms with Crippen LogP contribution >= 0.6 is 0 Å². The Bertz CT molecular complexity index is 912. The molecule has 3 amide bonds. The molecule has 0 aliphatic heterocycles. The lowest BCUT2D eigenvalue weighted by molar-refractivity contribution is -0.156. The minimum atomic E-state index is -1.02. The van der Waals surface area contributed by atoms with Crippen LogP contribution in [-0.4, -0.2) is 66.0 Å². The van der Waals surface area contributed by atoms with Gasteiger partial charge in [0, 0.05) is 32.4 Å². The van der Waals surface area contributed by atoms with Crippen molar-refractivity contribution >= 4 is 29.7 Å². The van der Waals surface area contributed by atoms with Gasteiger partial charge in [0.05, 0.1) is 6.04 Å². The van der Waals surface area contributed by atoms with Crippen LogP contribution in [0.4, 0.5) is 0 Å². The summed E-state index contributed by atoms with van der Waals surface area (Å²) < 4.78 is 10.6. The largest absolute Gasteiger partial charge is 0.460 e. The number of nitrogens with two attached hydrogens (primary N) is 1. The molecule has 5 N–H and O–H groups in total. The molecule has 0 aromatic carbocycles. The van der Waals surface area contributed by atoms with Crippen molar-refractivity contribution in [2.45, 2.75) is 187 Å². The predicted molar refractivity (Wildman–Crippen MR) is 186 cm³/mol. The molecule has 0 fully saturated rings. The molecular formula is C36H68N4O7. The van der Waals surface area contributed by atoms with Gasteiger partial charge in [0.2, 0.25) is 17.7 Å². The lowest BCUT2D eigenvalue weighted by atomic mass is 10.1. The van der Waals surface area contributed by atoms with Crippen LogP contribution < -0.4 is 21.7 Å². The van der Waals surface area contributed by atoms with Gasteiger partial charge in [-0.3, -0.25) is 24.0 Å². The van der Waals surface area contributed by atoms with E-state index in [1.165, 1.54) is 44.9 Å². The van der Waals surface area contributed by atoms with Gasteiger partial charge >= 0.3 is 11.9 Å². The fourth-order valence-corrected chi connectivity index (χ4v) is 4.85. The summed E-state index contributed by atoms with van der Waals surface area (Å²) in [5, 5.41) is 8.49. The molecule has 11 heteroatoms. The topological polar surface area (TPSA) is 166 Å². The molecule has 0 radical (unpaired) electrons. The van der Waals surface area contributed by atoms with Gasteiger partial charge in [0.25, 0.3) is 0 Å². The van der Waals surface area contributed by atoms with Crippen LogP contribution in [0.15, 0.2) is 0 Å². The smallest absolute Gasteiger partial charge is 0.306 e. The number of unbranched alkanes of at least 4 members (excludes halogenated alkanes) is 11. The van der Waals surface area contributed by atoms with E-state index in [1.807, 2.05) is 0 Å². The minimum absolute atomic E-state index is 0.0381. The number of hydrogen-bond donors (Lipinski definition) is 4. The summed E-state index contributed by atoms with van der Waals surface area (Å²) in [7, 11) is 0. The van der Waals surface area contributed by atoms with Crippen molar-refractivity contribution in [2.24, 2.45) is 5.73 Å². The van der Waals surface area contributed by atoms with Gasteiger partial charge in [-0.05, 0) is 73.6 Å². The second-order valence-corrected chi connectivity index (χ2v) is 14.6. The van der Waals surface area contributed by atoms with Crippen molar-refractivity contribution in [3.63, 3.8) is 0 Å². The van der Waals surface area contributed by atoms with E-state index in [2.05, 4.69) is 22.9 Å². The van der Waals surface area contributed by atoms with Gasteiger partial charge in [-0.2, -0.15) is 0 Å². The number of esters is 2. The lowest BCUT2D eigenvalue weighted by Crippen LogP contribution is -2.52. The molecule has 2 unspecified atom stereocenters. The first-order valence-electron chi connectivity index (χ1n) is 18.1. The number of carbonyl (C=O) groups excluding carboxylic acids is 5. The maximum Gasteiger partial charge on any atom is 0.306 e. The van der Waals surface area contributed by atoms with Crippen LogP contribution in [0.1, 0.15) is 164 Å². The fourth-order valence-electron chi connectivity index (χ4n) is 4.85. The van der Waals surface area contributed by atoms with Gasteiger partial charge in [-0.15, -0.1) is 0 Å². The second kappa shape index (κ2) is 25.3. The van der Waals surface area contributed by atoms with Gasteiger partial charge in [-0.25, -0.2) is 0 Å². The van der Waals surface area contributed by atoms with E-state index < -0.39 is 47.0 Å². The molecule has 0 aromatic heterocycles. The minimum Gasteiger partial charge on any atom is -0.460 e. The van der Waals surface area contributed by atoms with Gasteiger partial charge in [-0.1, -0.05) is 71.1 Å². The first-order chi connectivity index (χ1) is 22.0. The average Bonchev–Trinajstić information content (AvgIpc) is 2.96. The highest BCUT2D eigenvalue weighted by Gasteiger charge is 2.26.